The van der Waals surface area contributed by atoms with Crippen molar-refractivity contribution >= 4 is 30.7 Å². The van der Waals surface area contributed by atoms with Gasteiger partial charge in [0.25, 0.3) is 12.3 Å². The van der Waals surface area contributed by atoms with Crippen molar-refractivity contribution in [2.75, 3.05) is 45.8 Å². The van der Waals surface area contributed by atoms with Crippen LogP contribution < -0.4 is 5.32 Å². The number of piperazine rings is 1. The number of aromatic nitrogens is 2. The first kappa shape index (κ1) is 22.1. The molecule has 2 aliphatic heterocycles. The van der Waals surface area contributed by atoms with Crippen molar-refractivity contribution in [1.82, 2.24) is 24.9 Å². The summed E-state index contributed by atoms with van der Waals surface area (Å²) in [4.78, 5) is 16.7. The standard InChI is InChI=1S/C15H23F2N5O.2ClH/c16-13(17)12-20-8-10-21(11-9-20)14(23)15(2-5-18-6-3-15)22-7-1-4-19-22;;/h1,4,7,13,18H,2-3,5-6,8-12H2;2*1H. The minimum Gasteiger partial charge on any atom is -0.338 e. The molecule has 1 N–H and O–H groups in total. The first-order valence-corrected chi connectivity index (χ1v) is 8.12. The van der Waals surface area contributed by atoms with E-state index in [2.05, 4.69) is 10.4 Å². The SMILES string of the molecule is Cl.Cl.O=C(N1CCN(CC(F)F)CC1)C1(n2cccn2)CCNCC1. The lowest BCUT2D eigenvalue weighted by atomic mass is 9.86. The van der Waals surface area contributed by atoms with Crippen LogP contribution in [0.1, 0.15) is 12.8 Å². The predicted molar refractivity (Wildman–Crippen MR) is 95.8 cm³/mol. The van der Waals surface area contributed by atoms with E-state index in [1.807, 2.05) is 17.2 Å². The Morgan fingerprint density at radius 1 is 1.16 bits per heavy atom. The third-order valence-corrected chi connectivity index (χ3v) is 4.83. The van der Waals surface area contributed by atoms with Crippen molar-refractivity contribution in [1.29, 1.82) is 0 Å². The van der Waals surface area contributed by atoms with Crippen LogP contribution in [0.2, 0.25) is 0 Å². The summed E-state index contributed by atoms with van der Waals surface area (Å²) in [7, 11) is 0. The Bertz CT molecular complexity index is 518. The topological polar surface area (TPSA) is 53.4 Å². The summed E-state index contributed by atoms with van der Waals surface area (Å²) < 4.78 is 26.7. The number of nitrogens with one attached hydrogen (secondary N) is 1. The van der Waals surface area contributed by atoms with Crippen molar-refractivity contribution in [3.63, 3.8) is 0 Å². The Balaban J connectivity index is 0.00000156. The molecule has 2 aliphatic rings. The molecule has 1 aromatic heterocycles. The molecule has 2 fully saturated rings. The fourth-order valence-electron chi connectivity index (χ4n) is 3.53. The molecule has 0 saturated carbocycles. The van der Waals surface area contributed by atoms with E-state index in [9.17, 15) is 13.6 Å². The van der Waals surface area contributed by atoms with E-state index in [-0.39, 0.29) is 37.3 Å². The van der Waals surface area contributed by atoms with Gasteiger partial charge in [-0.1, -0.05) is 0 Å². The molecule has 144 valence electrons. The number of rotatable bonds is 4. The smallest absolute Gasteiger partial charge is 0.251 e. The molecule has 2 saturated heterocycles. The van der Waals surface area contributed by atoms with E-state index < -0.39 is 12.0 Å². The van der Waals surface area contributed by atoms with Gasteiger partial charge in [0, 0.05) is 38.6 Å². The molecule has 1 aromatic rings. The number of hydrogen-bond acceptors (Lipinski definition) is 4. The van der Waals surface area contributed by atoms with Gasteiger partial charge in [0.1, 0.15) is 5.54 Å². The monoisotopic (exact) mass is 399 g/mol. The van der Waals surface area contributed by atoms with Crippen LogP contribution in [-0.4, -0.2) is 77.7 Å². The third kappa shape index (κ3) is 4.81. The van der Waals surface area contributed by atoms with Crippen LogP contribution in [0, 0.1) is 0 Å². The predicted octanol–water partition coefficient (Wildman–Crippen LogP) is 1.21. The number of nitrogens with zero attached hydrogens (tertiary/aromatic N) is 4. The molecule has 10 heteroatoms. The summed E-state index contributed by atoms with van der Waals surface area (Å²) in [5, 5.41) is 7.60. The normalized spacial score (nSPS) is 20.7. The molecule has 6 nitrogen and oxygen atoms in total. The van der Waals surface area contributed by atoms with Crippen molar-refractivity contribution in [2.24, 2.45) is 0 Å². The Morgan fingerprint density at radius 2 is 1.80 bits per heavy atom. The van der Waals surface area contributed by atoms with Gasteiger partial charge in [-0.25, -0.2) is 8.78 Å². The van der Waals surface area contributed by atoms with Gasteiger partial charge in [-0.15, -0.1) is 24.8 Å². The Morgan fingerprint density at radius 3 is 2.32 bits per heavy atom. The number of carbonyl (C=O) groups is 1. The maximum atomic E-state index is 13.2. The molecular formula is C15H25Cl2F2N5O. The highest BCUT2D eigenvalue weighted by Crippen LogP contribution is 2.29. The van der Waals surface area contributed by atoms with Gasteiger partial charge in [0.05, 0.1) is 6.54 Å². The lowest BCUT2D eigenvalue weighted by Gasteiger charge is -2.43. The number of piperidine rings is 1. The van der Waals surface area contributed by atoms with E-state index >= 15 is 0 Å². The van der Waals surface area contributed by atoms with Gasteiger partial charge in [0.15, 0.2) is 0 Å². The number of halogens is 4. The maximum absolute atomic E-state index is 13.2. The average Bonchev–Trinajstić information content (AvgIpc) is 3.10. The Kier molecular flexibility index (Phi) is 8.53. The second kappa shape index (κ2) is 9.66. The molecule has 25 heavy (non-hydrogen) atoms. The van der Waals surface area contributed by atoms with Gasteiger partial charge in [0.2, 0.25) is 0 Å². The van der Waals surface area contributed by atoms with Gasteiger partial charge in [-0.05, 0) is 32.0 Å². The minimum atomic E-state index is -2.32. The Labute approximate surface area is 158 Å². The van der Waals surface area contributed by atoms with Crippen LogP contribution >= 0.6 is 24.8 Å². The van der Waals surface area contributed by atoms with E-state index in [0.29, 0.717) is 39.0 Å². The van der Waals surface area contributed by atoms with Gasteiger partial charge < -0.3 is 10.2 Å². The largest absolute Gasteiger partial charge is 0.338 e. The van der Waals surface area contributed by atoms with Gasteiger partial charge >= 0.3 is 0 Å². The summed E-state index contributed by atoms with van der Waals surface area (Å²) in [6.07, 6.45) is 2.61. The van der Waals surface area contributed by atoms with Crippen LogP contribution in [0.5, 0.6) is 0 Å². The second-order valence-electron chi connectivity index (χ2n) is 6.22. The Hall–Kier alpha value is -0.960. The van der Waals surface area contributed by atoms with Crippen molar-refractivity contribution in [3.05, 3.63) is 18.5 Å². The zero-order valence-electron chi connectivity index (χ0n) is 13.9. The van der Waals surface area contributed by atoms with Crippen LogP contribution in [0.25, 0.3) is 0 Å². The van der Waals surface area contributed by atoms with E-state index in [1.54, 1.807) is 15.8 Å². The summed E-state index contributed by atoms with van der Waals surface area (Å²) in [6.45, 7) is 3.35. The molecule has 3 heterocycles. The van der Waals surface area contributed by atoms with Crippen LogP contribution in [0.4, 0.5) is 8.78 Å². The molecule has 3 rings (SSSR count). The number of carbonyl (C=O) groups excluding carboxylic acids is 1. The lowest BCUT2D eigenvalue weighted by Crippen LogP contribution is -2.59. The lowest BCUT2D eigenvalue weighted by molar-refractivity contribution is -0.145. The first-order valence-electron chi connectivity index (χ1n) is 8.12. The zero-order chi connectivity index (χ0) is 16.3. The number of alkyl halides is 2. The van der Waals surface area contributed by atoms with E-state index in [0.717, 1.165) is 13.1 Å². The summed E-state index contributed by atoms with van der Waals surface area (Å²) >= 11 is 0. The fourth-order valence-corrected chi connectivity index (χ4v) is 3.53. The molecule has 0 atom stereocenters. The molecule has 1 amide bonds. The molecule has 0 unspecified atom stereocenters. The summed E-state index contributed by atoms with van der Waals surface area (Å²) in [6, 6.07) is 1.83. The van der Waals surface area contributed by atoms with Crippen LogP contribution in [0.15, 0.2) is 18.5 Å². The minimum absolute atomic E-state index is 0. The molecule has 0 aliphatic carbocycles. The van der Waals surface area contributed by atoms with Crippen molar-refractivity contribution < 1.29 is 13.6 Å². The number of hydrogen-bond donors (Lipinski definition) is 1. The quantitative estimate of drug-likeness (QED) is 0.826. The van der Waals surface area contributed by atoms with Crippen LogP contribution in [0.3, 0.4) is 0 Å². The molecule has 0 spiro atoms. The highest BCUT2D eigenvalue weighted by atomic mass is 35.5. The highest BCUT2D eigenvalue weighted by molar-refractivity contribution is 5.86. The molecule has 0 radical (unpaired) electrons. The highest BCUT2D eigenvalue weighted by Gasteiger charge is 2.44. The van der Waals surface area contributed by atoms with Crippen molar-refractivity contribution in [2.45, 2.75) is 24.8 Å². The summed E-state index contributed by atoms with van der Waals surface area (Å²) in [5.74, 6) is 0.0689. The van der Waals surface area contributed by atoms with Gasteiger partial charge in [-0.2, -0.15) is 5.10 Å². The molecule has 0 aromatic carbocycles. The summed E-state index contributed by atoms with van der Waals surface area (Å²) in [5.41, 5.74) is -0.639. The van der Waals surface area contributed by atoms with Gasteiger partial charge in [-0.3, -0.25) is 14.4 Å². The van der Waals surface area contributed by atoms with E-state index in [4.69, 9.17) is 0 Å². The maximum Gasteiger partial charge on any atom is 0.251 e. The van der Waals surface area contributed by atoms with E-state index in [1.165, 1.54) is 0 Å². The first-order chi connectivity index (χ1) is 11.1. The van der Waals surface area contributed by atoms with Crippen LogP contribution in [-0.2, 0) is 10.3 Å². The fraction of sp³-hybridized carbons (Fsp3) is 0.733. The molecular weight excluding hydrogens is 375 g/mol. The second-order valence-corrected chi connectivity index (χ2v) is 6.22. The molecule has 0 bridgehead atoms. The van der Waals surface area contributed by atoms with Crippen molar-refractivity contribution in [3.8, 4) is 0 Å². The number of amides is 1. The average molecular weight is 400 g/mol. The zero-order valence-corrected chi connectivity index (χ0v) is 15.6. The third-order valence-electron chi connectivity index (χ3n) is 4.83.